The van der Waals surface area contributed by atoms with E-state index in [4.69, 9.17) is 17.3 Å². The van der Waals surface area contributed by atoms with E-state index in [0.717, 1.165) is 0 Å². The highest BCUT2D eigenvalue weighted by atomic mass is 15.3. The van der Waals surface area contributed by atoms with Crippen molar-refractivity contribution < 1.29 is 0 Å². The molecule has 0 aromatic carbocycles. The first-order valence-corrected chi connectivity index (χ1v) is 2.23. The summed E-state index contributed by atoms with van der Waals surface area (Å²) in [7, 11) is 1.50. The molecule has 0 aromatic rings. The fraction of sp³-hybridized carbons (Fsp3) is 0.333. The normalized spacial score (nSPS) is 13.6. The molecule has 0 rings (SSSR count). The van der Waals surface area contributed by atoms with Gasteiger partial charge in [0, 0.05) is 7.05 Å². The minimum Gasteiger partial charge on any atom is -0.368 e. The molecule has 0 spiro atoms. The molecule has 0 aromatic heterocycles. The Labute approximate surface area is 52.8 Å². The second-order valence-electron chi connectivity index (χ2n) is 1.22. The predicted octanol–water partition coefficient (Wildman–Crippen LogP) is -2.29. The molecule has 0 atom stereocenters. The molecule has 9 heavy (non-hydrogen) atoms. The van der Waals surface area contributed by atoms with Crippen LogP contribution in [0.3, 0.4) is 0 Å². The molecular formula is C3H10N6. The number of hydrogen-bond donors (Lipinski definition) is 4. The predicted molar refractivity (Wildman–Crippen MR) is 36.5 cm³/mol. The highest BCUT2D eigenvalue weighted by Gasteiger charge is 1.85. The van der Waals surface area contributed by atoms with Gasteiger partial charge in [0.25, 0.3) is 0 Å². The fourth-order valence-corrected chi connectivity index (χ4v) is 0.206. The van der Waals surface area contributed by atoms with E-state index >= 15 is 0 Å². The lowest BCUT2D eigenvalue weighted by molar-refractivity contribution is 1.01. The molecule has 0 saturated heterocycles. The zero-order valence-corrected chi connectivity index (χ0v) is 5.13. The van der Waals surface area contributed by atoms with E-state index in [0.29, 0.717) is 0 Å². The molecule has 52 valence electrons. The van der Waals surface area contributed by atoms with Gasteiger partial charge in [0.15, 0.2) is 0 Å². The Hall–Kier alpha value is -1.30. The molecule has 0 amide bonds. The van der Waals surface area contributed by atoms with Gasteiger partial charge in [0.2, 0.25) is 11.9 Å². The molecule has 0 unspecified atom stereocenters. The lowest BCUT2D eigenvalue weighted by Gasteiger charge is -1.94. The van der Waals surface area contributed by atoms with Crippen molar-refractivity contribution in [3.63, 3.8) is 0 Å². The van der Waals surface area contributed by atoms with Crippen LogP contribution in [0.4, 0.5) is 0 Å². The molecule has 0 bridgehead atoms. The van der Waals surface area contributed by atoms with Crippen molar-refractivity contribution in [3.05, 3.63) is 0 Å². The number of guanidine groups is 2. The summed E-state index contributed by atoms with van der Waals surface area (Å²) >= 11 is 0. The third-order valence-electron chi connectivity index (χ3n) is 0.612. The van der Waals surface area contributed by atoms with Crippen molar-refractivity contribution >= 4 is 11.9 Å². The van der Waals surface area contributed by atoms with Crippen LogP contribution in [-0.2, 0) is 0 Å². The van der Waals surface area contributed by atoms with Crippen LogP contribution in [0.1, 0.15) is 0 Å². The minimum absolute atomic E-state index is 0.0399. The Kier molecular flexibility index (Phi) is 3.14. The van der Waals surface area contributed by atoms with Crippen LogP contribution in [-0.4, -0.2) is 19.0 Å². The van der Waals surface area contributed by atoms with Crippen molar-refractivity contribution in [2.45, 2.75) is 0 Å². The molecule has 0 fully saturated rings. The third-order valence-corrected chi connectivity index (χ3v) is 0.612. The minimum atomic E-state index is 0.0399. The van der Waals surface area contributed by atoms with Gasteiger partial charge in [-0.15, -0.1) is 0 Å². The standard InChI is InChI=1S/C3H10N6/c1-7-2(4)8-3(5)9-6/h6H2,1H3,(H5,4,5,7,8,9). The summed E-state index contributed by atoms with van der Waals surface area (Å²) in [6, 6.07) is 0. The summed E-state index contributed by atoms with van der Waals surface area (Å²) in [5, 5.41) is 0. The molecule has 0 aliphatic carbocycles. The van der Waals surface area contributed by atoms with E-state index in [1.807, 2.05) is 0 Å². The topological polar surface area (TPSA) is 115 Å². The van der Waals surface area contributed by atoms with E-state index in [1.54, 1.807) is 0 Å². The summed E-state index contributed by atoms with van der Waals surface area (Å²) in [6.07, 6.45) is 0. The van der Waals surface area contributed by atoms with Crippen LogP contribution in [0.2, 0.25) is 0 Å². The highest BCUT2D eigenvalue weighted by molar-refractivity contribution is 5.92. The van der Waals surface area contributed by atoms with Crippen LogP contribution in [0.5, 0.6) is 0 Å². The van der Waals surface area contributed by atoms with Gasteiger partial charge in [-0.25, -0.2) is 5.84 Å². The SMILES string of the molecule is CN=C(N)/N=C(\N)NN. The van der Waals surface area contributed by atoms with Crippen molar-refractivity contribution in [1.82, 2.24) is 5.43 Å². The molecule has 7 N–H and O–H groups in total. The number of aliphatic imine (C=N–C) groups is 2. The van der Waals surface area contributed by atoms with Crippen LogP contribution in [0.25, 0.3) is 0 Å². The number of rotatable bonds is 0. The van der Waals surface area contributed by atoms with E-state index < -0.39 is 0 Å². The molecule has 6 nitrogen and oxygen atoms in total. The van der Waals surface area contributed by atoms with Gasteiger partial charge >= 0.3 is 0 Å². The Morgan fingerprint density at radius 2 is 2.00 bits per heavy atom. The van der Waals surface area contributed by atoms with Gasteiger partial charge in [-0.3, -0.25) is 10.4 Å². The first kappa shape index (κ1) is 7.70. The molecule has 0 saturated carbocycles. The first-order chi connectivity index (χ1) is 4.20. The van der Waals surface area contributed by atoms with Crippen LogP contribution in [0, 0.1) is 0 Å². The fourth-order valence-electron chi connectivity index (χ4n) is 0.206. The van der Waals surface area contributed by atoms with Gasteiger partial charge < -0.3 is 11.5 Å². The number of nitrogens with one attached hydrogen (secondary N) is 1. The monoisotopic (exact) mass is 130 g/mol. The van der Waals surface area contributed by atoms with Gasteiger partial charge in [0.1, 0.15) is 0 Å². The van der Waals surface area contributed by atoms with Gasteiger partial charge in [-0.05, 0) is 0 Å². The smallest absolute Gasteiger partial charge is 0.218 e. The average Bonchev–Trinajstić information content (AvgIpc) is 1.87. The van der Waals surface area contributed by atoms with E-state index in [9.17, 15) is 0 Å². The van der Waals surface area contributed by atoms with Gasteiger partial charge in [-0.1, -0.05) is 0 Å². The zero-order valence-electron chi connectivity index (χ0n) is 5.13. The van der Waals surface area contributed by atoms with Crippen LogP contribution in [0.15, 0.2) is 9.98 Å². The highest BCUT2D eigenvalue weighted by Crippen LogP contribution is 1.65. The third kappa shape index (κ3) is 3.30. The Morgan fingerprint density at radius 3 is 2.33 bits per heavy atom. The number of nitrogens with two attached hydrogens (primary N) is 3. The maximum absolute atomic E-state index is 5.14. The Balaban J connectivity index is 3.95. The maximum Gasteiger partial charge on any atom is 0.218 e. The van der Waals surface area contributed by atoms with Crippen molar-refractivity contribution in [2.75, 3.05) is 7.05 Å². The van der Waals surface area contributed by atoms with E-state index in [-0.39, 0.29) is 11.9 Å². The molecule has 0 aliphatic rings. The average molecular weight is 130 g/mol. The number of hydrazine groups is 1. The summed E-state index contributed by atoms with van der Waals surface area (Å²) in [5.41, 5.74) is 12.3. The molecule has 0 heterocycles. The Morgan fingerprint density at radius 1 is 1.44 bits per heavy atom. The van der Waals surface area contributed by atoms with Crippen LogP contribution >= 0.6 is 0 Å². The second kappa shape index (κ2) is 3.67. The molecule has 6 heteroatoms. The van der Waals surface area contributed by atoms with E-state index in [2.05, 4.69) is 15.4 Å². The summed E-state index contributed by atoms with van der Waals surface area (Å²) in [6.45, 7) is 0. The quantitative estimate of drug-likeness (QED) is 0.128. The van der Waals surface area contributed by atoms with Gasteiger partial charge in [-0.2, -0.15) is 4.99 Å². The summed E-state index contributed by atoms with van der Waals surface area (Å²) < 4.78 is 0. The van der Waals surface area contributed by atoms with Crippen LogP contribution < -0.4 is 22.7 Å². The summed E-state index contributed by atoms with van der Waals surface area (Å²) in [5.74, 6) is 4.99. The number of hydrogen-bond acceptors (Lipinski definition) is 2. The molecular weight excluding hydrogens is 120 g/mol. The van der Waals surface area contributed by atoms with Crippen molar-refractivity contribution in [3.8, 4) is 0 Å². The first-order valence-electron chi connectivity index (χ1n) is 2.23. The van der Waals surface area contributed by atoms with Crippen molar-refractivity contribution in [1.29, 1.82) is 0 Å². The lowest BCUT2D eigenvalue weighted by atomic mass is 10.9. The number of nitrogens with zero attached hydrogens (tertiary/aromatic N) is 2. The molecule has 0 aliphatic heterocycles. The largest absolute Gasteiger partial charge is 0.368 e. The van der Waals surface area contributed by atoms with E-state index in [1.165, 1.54) is 7.05 Å². The zero-order chi connectivity index (χ0) is 7.28. The summed E-state index contributed by atoms with van der Waals surface area (Å²) in [4.78, 5) is 7.01. The Bertz CT molecular complexity index is 135. The van der Waals surface area contributed by atoms with Gasteiger partial charge in [0.05, 0.1) is 0 Å². The molecule has 0 radical (unpaired) electrons. The maximum atomic E-state index is 5.14. The van der Waals surface area contributed by atoms with Crippen molar-refractivity contribution in [2.24, 2.45) is 27.3 Å². The second-order valence-corrected chi connectivity index (χ2v) is 1.22. The lowest BCUT2D eigenvalue weighted by Crippen LogP contribution is -2.38.